The third-order valence-corrected chi connectivity index (χ3v) is 5.87. The minimum absolute atomic E-state index is 0.525. The molecule has 4 aliphatic rings. The van der Waals surface area contributed by atoms with Gasteiger partial charge in [-0.2, -0.15) is 5.26 Å². The van der Waals surface area contributed by atoms with Gasteiger partial charge in [0, 0.05) is 6.54 Å². The van der Waals surface area contributed by atoms with Crippen molar-refractivity contribution in [1.29, 1.82) is 5.26 Å². The summed E-state index contributed by atoms with van der Waals surface area (Å²) in [4.78, 5) is 0. The van der Waals surface area contributed by atoms with Gasteiger partial charge in [-0.1, -0.05) is 12.1 Å². The molecule has 0 atom stereocenters. The van der Waals surface area contributed by atoms with E-state index in [1.165, 1.54) is 38.5 Å². The SMILES string of the molecule is N#Cc1ccccc1NCC12CC3CC(CC(C3)C1)C2. The number of nitriles is 1. The first-order valence-corrected chi connectivity index (χ1v) is 7.99. The van der Waals surface area contributed by atoms with E-state index in [1.54, 1.807) is 0 Å². The van der Waals surface area contributed by atoms with Crippen molar-refractivity contribution < 1.29 is 0 Å². The highest BCUT2D eigenvalue weighted by Crippen LogP contribution is 2.59. The van der Waals surface area contributed by atoms with Gasteiger partial charge in [0.25, 0.3) is 0 Å². The molecule has 104 valence electrons. The molecule has 20 heavy (non-hydrogen) atoms. The summed E-state index contributed by atoms with van der Waals surface area (Å²) >= 11 is 0. The van der Waals surface area contributed by atoms with Crippen molar-refractivity contribution >= 4 is 5.69 Å². The summed E-state index contributed by atoms with van der Waals surface area (Å²) in [5.74, 6) is 2.98. The fourth-order valence-electron chi connectivity index (χ4n) is 5.52. The van der Waals surface area contributed by atoms with Crippen LogP contribution in [-0.2, 0) is 0 Å². The Kier molecular flexibility index (Phi) is 2.77. The molecule has 0 unspecified atom stereocenters. The molecule has 0 amide bonds. The molecule has 0 aliphatic heterocycles. The third kappa shape index (κ3) is 2.00. The average Bonchev–Trinajstić information content (AvgIpc) is 2.44. The lowest BCUT2D eigenvalue weighted by atomic mass is 9.49. The molecule has 4 saturated carbocycles. The van der Waals surface area contributed by atoms with E-state index >= 15 is 0 Å². The van der Waals surface area contributed by atoms with E-state index in [4.69, 9.17) is 0 Å². The number of hydrogen-bond donors (Lipinski definition) is 1. The van der Waals surface area contributed by atoms with Gasteiger partial charge in [-0.25, -0.2) is 0 Å². The van der Waals surface area contributed by atoms with Gasteiger partial charge in [0.15, 0.2) is 0 Å². The van der Waals surface area contributed by atoms with Crippen LogP contribution in [0, 0.1) is 34.5 Å². The smallest absolute Gasteiger partial charge is 0.101 e. The second-order valence-corrected chi connectivity index (χ2v) is 7.43. The monoisotopic (exact) mass is 266 g/mol. The fraction of sp³-hybridized carbons (Fsp3) is 0.611. The molecule has 4 bridgehead atoms. The zero-order chi connectivity index (χ0) is 13.6. The van der Waals surface area contributed by atoms with E-state index < -0.39 is 0 Å². The first kappa shape index (κ1) is 12.3. The highest BCUT2D eigenvalue weighted by atomic mass is 14.9. The Bertz CT molecular complexity index is 519. The minimum atomic E-state index is 0.525. The summed E-state index contributed by atoms with van der Waals surface area (Å²) in [6.07, 6.45) is 8.73. The van der Waals surface area contributed by atoms with E-state index in [1.807, 2.05) is 24.3 Å². The number of para-hydroxylation sites is 1. The molecule has 0 spiro atoms. The Morgan fingerprint density at radius 3 is 2.25 bits per heavy atom. The summed E-state index contributed by atoms with van der Waals surface area (Å²) in [7, 11) is 0. The van der Waals surface area contributed by atoms with Gasteiger partial charge in [0.1, 0.15) is 6.07 Å². The van der Waals surface area contributed by atoms with Crippen molar-refractivity contribution in [3.05, 3.63) is 29.8 Å². The van der Waals surface area contributed by atoms with Crippen molar-refractivity contribution in [2.24, 2.45) is 23.2 Å². The van der Waals surface area contributed by atoms with Crippen molar-refractivity contribution in [3.63, 3.8) is 0 Å². The zero-order valence-corrected chi connectivity index (χ0v) is 11.9. The van der Waals surface area contributed by atoms with Crippen molar-refractivity contribution in [1.82, 2.24) is 0 Å². The van der Waals surface area contributed by atoms with E-state index in [2.05, 4.69) is 11.4 Å². The molecule has 0 aromatic heterocycles. The summed E-state index contributed by atoms with van der Waals surface area (Å²) in [5.41, 5.74) is 2.32. The summed E-state index contributed by atoms with van der Waals surface area (Å²) in [5, 5.41) is 12.8. The Morgan fingerprint density at radius 2 is 1.65 bits per heavy atom. The molecule has 1 aromatic carbocycles. The summed E-state index contributed by atoms with van der Waals surface area (Å²) in [6, 6.07) is 10.2. The second kappa shape index (κ2) is 4.52. The molecule has 0 heterocycles. The largest absolute Gasteiger partial charge is 0.383 e. The Balaban J connectivity index is 1.51. The maximum absolute atomic E-state index is 9.19. The number of benzene rings is 1. The second-order valence-electron chi connectivity index (χ2n) is 7.43. The normalized spacial score (nSPS) is 37.6. The zero-order valence-electron chi connectivity index (χ0n) is 11.9. The predicted octanol–water partition coefficient (Wildman–Crippen LogP) is 4.19. The Hall–Kier alpha value is -1.49. The lowest BCUT2D eigenvalue weighted by Crippen LogP contribution is -2.49. The summed E-state index contributed by atoms with van der Waals surface area (Å²) < 4.78 is 0. The highest BCUT2D eigenvalue weighted by Gasteiger charge is 2.50. The lowest BCUT2D eigenvalue weighted by molar-refractivity contribution is -0.0444. The number of hydrogen-bond acceptors (Lipinski definition) is 2. The Morgan fingerprint density at radius 1 is 1.05 bits per heavy atom. The molecule has 0 saturated heterocycles. The molecule has 1 N–H and O–H groups in total. The highest BCUT2D eigenvalue weighted by molar-refractivity contribution is 5.57. The first-order valence-electron chi connectivity index (χ1n) is 7.99. The molecule has 4 fully saturated rings. The van der Waals surface area contributed by atoms with Gasteiger partial charge in [-0.05, 0) is 73.8 Å². The molecular formula is C18H22N2. The van der Waals surface area contributed by atoms with Gasteiger partial charge in [0.05, 0.1) is 11.3 Å². The van der Waals surface area contributed by atoms with Gasteiger partial charge in [0.2, 0.25) is 0 Å². The van der Waals surface area contributed by atoms with Gasteiger partial charge >= 0.3 is 0 Å². The maximum atomic E-state index is 9.19. The van der Waals surface area contributed by atoms with Crippen LogP contribution in [0.25, 0.3) is 0 Å². The Labute approximate surface area is 121 Å². The maximum Gasteiger partial charge on any atom is 0.101 e. The fourth-order valence-corrected chi connectivity index (χ4v) is 5.52. The molecule has 5 rings (SSSR count). The summed E-state index contributed by atoms with van der Waals surface area (Å²) in [6.45, 7) is 1.06. The van der Waals surface area contributed by atoms with Crippen LogP contribution in [0.5, 0.6) is 0 Å². The van der Waals surface area contributed by atoms with Crippen LogP contribution < -0.4 is 5.32 Å². The van der Waals surface area contributed by atoms with Gasteiger partial charge in [-0.15, -0.1) is 0 Å². The predicted molar refractivity (Wildman–Crippen MR) is 80.3 cm³/mol. The van der Waals surface area contributed by atoms with Crippen LogP contribution in [0.4, 0.5) is 5.69 Å². The van der Waals surface area contributed by atoms with Crippen molar-refractivity contribution in [3.8, 4) is 6.07 Å². The standard InChI is InChI=1S/C18H22N2/c19-11-16-3-1-2-4-17(16)20-12-18-8-13-5-14(9-18)7-15(6-13)10-18/h1-4,13-15,20H,5-10,12H2. The average molecular weight is 266 g/mol. The van der Waals surface area contributed by atoms with E-state index in [-0.39, 0.29) is 0 Å². The van der Waals surface area contributed by atoms with Crippen LogP contribution in [0.3, 0.4) is 0 Å². The van der Waals surface area contributed by atoms with Crippen LogP contribution in [0.15, 0.2) is 24.3 Å². The number of nitrogens with zero attached hydrogens (tertiary/aromatic N) is 1. The number of anilines is 1. The van der Waals surface area contributed by atoms with Gasteiger partial charge < -0.3 is 5.32 Å². The molecule has 2 heteroatoms. The van der Waals surface area contributed by atoms with Gasteiger partial charge in [-0.3, -0.25) is 0 Å². The number of rotatable bonds is 3. The lowest BCUT2D eigenvalue weighted by Gasteiger charge is -2.57. The third-order valence-electron chi connectivity index (χ3n) is 5.87. The first-order chi connectivity index (χ1) is 9.76. The molecule has 2 nitrogen and oxygen atoms in total. The van der Waals surface area contributed by atoms with Crippen LogP contribution in [-0.4, -0.2) is 6.54 Å². The molecular weight excluding hydrogens is 244 g/mol. The van der Waals surface area contributed by atoms with E-state index in [0.29, 0.717) is 5.41 Å². The van der Waals surface area contributed by atoms with Crippen molar-refractivity contribution in [2.75, 3.05) is 11.9 Å². The molecule has 1 aromatic rings. The van der Waals surface area contributed by atoms with Crippen LogP contribution in [0.1, 0.15) is 44.1 Å². The minimum Gasteiger partial charge on any atom is -0.383 e. The van der Waals surface area contributed by atoms with E-state index in [9.17, 15) is 5.26 Å². The topological polar surface area (TPSA) is 35.8 Å². The van der Waals surface area contributed by atoms with Crippen LogP contribution >= 0.6 is 0 Å². The molecule has 4 aliphatic carbocycles. The van der Waals surface area contributed by atoms with Crippen molar-refractivity contribution in [2.45, 2.75) is 38.5 Å². The number of nitrogens with one attached hydrogen (secondary N) is 1. The quantitative estimate of drug-likeness (QED) is 0.890. The van der Waals surface area contributed by atoms with Crippen LogP contribution in [0.2, 0.25) is 0 Å². The molecule has 0 radical (unpaired) electrons. The van der Waals surface area contributed by atoms with E-state index in [0.717, 1.165) is 35.5 Å².